The lowest BCUT2D eigenvalue weighted by Crippen LogP contribution is -2.13. The van der Waals surface area contributed by atoms with Gasteiger partial charge in [-0.15, -0.1) is 0 Å². The van der Waals surface area contributed by atoms with E-state index in [1.807, 2.05) is 0 Å². The van der Waals surface area contributed by atoms with Gasteiger partial charge in [-0.25, -0.2) is 0 Å². The number of benzene rings is 2. The summed E-state index contributed by atoms with van der Waals surface area (Å²) in [5.74, 6) is 0. The number of carbonyl (C=O) groups is 2. The second kappa shape index (κ2) is 10.0. The van der Waals surface area contributed by atoms with Crippen LogP contribution in [-0.4, -0.2) is 51.3 Å². The Morgan fingerprint density at radius 1 is 0.773 bits per heavy atom. The summed E-state index contributed by atoms with van der Waals surface area (Å²) in [6, 6.07) is 12.9. The second-order valence-electron chi connectivity index (χ2n) is 4.65. The maximum absolute atomic E-state index is 8.36. The highest BCUT2D eigenvalue weighted by atomic mass is 16.3. The second-order valence-corrected chi connectivity index (χ2v) is 4.65. The summed E-state index contributed by atoms with van der Waals surface area (Å²) >= 11 is 0. The highest BCUT2D eigenvalue weighted by Gasteiger charge is 2.08. The van der Waals surface area contributed by atoms with Gasteiger partial charge in [0.2, 0.25) is 0 Å². The zero-order chi connectivity index (χ0) is 17.1. The van der Waals surface area contributed by atoms with Crippen LogP contribution in [0.25, 0.3) is 10.8 Å². The van der Waals surface area contributed by atoms with E-state index in [9.17, 15) is 0 Å². The molecule has 0 saturated carbocycles. The average Bonchev–Trinajstić information content (AvgIpc) is 2.47. The van der Waals surface area contributed by atoms with E-state index in [1.165, 1.54) is 22.1 Å². The van der Waals surface area contributed by atoms with Gasteiger partial charge in [-0.2, -0.15) is 0 Å². The van der Waals surface area contributed by atoms with E-state index in [2.05, 4.69) is 74.4 Å². The molecular formula is C16H22N2O4. The van der Waals surface area contributed by atoms with E-state index in [0.29, 0.717) is 0 Å². The van der Waals surface area contributed by atoms with Crippen molar-refractivity contribution in [3.63, 3.8) is 0 Å². The van der Waals surface area contributed by atoms with Gasteiger partial charge >= 0.3 is 0 Å². The van der Waals surface area contributed by atoms with Crippen LogP contribution in [-0.2, 0) is 9.59 Å². The summed E-state index contributed by atoms with van der Waals surface area (Å²) < 4.78 is 0. The molecule has 0 atom stereocenters. The van der Waals surface area contributed by atoms with Crippen molar-refractivity contribution in [2.45, 2.75) is 0 Å². The van der Waals surface area contributed by atoms with Gasteiger partial charge in [-0.05, 0) is 17.5 Å². The van der Waals surface area contributed by atoms with Gasteiger partial charge in [-0.1, -0.05) is 24.3 Å². The van der Waals surface area contributed by atoms with Crippen LogP contribution >= 0.6 is 0 Å². The van der Waals surface area contributed by atoms with Gasteiger partial charge in [0.1, 0.15) is 0 Å². The van der Waals surface area contributed by atoms with Crippen LogP contribution in [0.3, 0.4) is 0 Å². The average molecular weight is 306 g/mol. The minimum atomic E-state index is -0.250. The first-order valence-electron chi connectivity index (χ1n) is 6.46. The summed E-state index contributed by atoms with van der Waals surface area (Å²) in [6.45, 7) is -0.500. The molecule has 0 heterocycles. The Morgan fingerprint density at radius 2 is 1.09 bits per heavy atom. The fourth-order valence-corrected chi connectivity index (χ4v) is 2.05. The van der Waals surface area contributed by atoms with Crippen molar-refractivity contribution in [1.29, 1.82) is 0 Å². The molecule has 6 heteroatoms. The highest BCUT2D eigenvalue weighted by molar-refractivity contribution is 6.03. The van der Waals surface area contributed by atoms with Crippen molar-refractivity contribution in [3.8, 4) is 0 Å². The van der Waals surface area contributed by atoms with Crippen molar-refractivity contribution >= 4 is 35.1 Å². The van der Waals surface area contributed by atoms with Crippen molar-refractivity contribution < 1.29 is 19.8 Å². The Morgan fingerprint density at radius 3 is 1.36 bits per heavy atom. The van der Waals surface area contributed by atoms with Crippen LogP contribution in [0.4, 0.5) is 11.4 Å². The Labute approximate surface area is 130 Å². The monoisotopic (exact) mass is 306 g/mol. The maximum Gasteiger partial charge on any atom is 0.290 e. The molecule has 0 unspecified atom stereocenters. The van der Waals surface area contributed by atoms with Gasteiger partial charge in [0.25, 0.3) is 12.9 Å². The number of hydrogen-bond acceptors (Lipinski definition) is 4. The number of rotatable bonds is 2. The molecule has 0 amide bonds. The molecule has 120 valence electrons. The van der Waals surface area contributed by atoms with E-state index < -0.39 is 0 Å². The summed E-state index contributed by atoms with van der Waals surface area (Å²) in [5.41, 5.74) is 2.53. The predicted octanol–water partition coefficient (Wildman–Crippen LogP) is 2.37. The van der Waals surface area contributed by atoms with Crippen molar-refractivity contribution in [2.24, 2.45) is 0 Å². The van der Waals surface area contributed by atoms with Crippen LogP contribution in [0.15, 0.2) is 36.4 Å². The molecule has 2 N–H and O–H groups in total. The molecule has 22 heavy (non-hydrogen) atoms. The number of nitrogens with zero attached hydrogens (tertiary/aromatic N) is 2. The van der Waals surface area contributed by atoms with Crippen molar-refractivity contribution in [1.82, 2.24) is 0 Å². The smallest absolute Gasteiger partial charge is 0.290 e. The topological polar surface area (TPSA) is 81.1 Å². The molecule has 2 aromatic rings. The maximum atomic E-state index is 8.36. The lowest BCUT2D eigenvalue weighted by atomic mass is 10.1. The fourth-order valence-electron chi connectivity index (χ4n) is 2.05. The molecule has 0 aliphatic heterocycles. The molecule has 6 nitrogen and oxygen atoms in total. The molecule has 0 fully saturated rings. The third-order valence-electron chi connectivity index (χ3n) is 2.82. The van der Waals surface area contributed by atoms with Gasteiger partial charge < -0.3 is 20.0 Å². The molecule has 0 aliphatic rings. The predicted molar refractivity (Wildman–Crippen MR) is 90.0 cm³/mol. The summed E-state index contributed by atoms with van der Waals surface area (Å²) in [7, 11) is 8.34. The van der Waals surface area contributed by atoms with E-state index in [0.717, 1.165) is 0 Å². The van der Waals surface area contributed by atoms with Crippen LogP contribution in [0.5, 0.6) is 0 Å². The van der Waals surface area contributed by atoms with Crippen molar-refractivity contribution in [2.75, 3.05) is 38.0 Å². The largest absolute Gasteiger partial charge is 0.483 e. The number of carboxylic acid groups (broad SMARTS) is 2. The molecule has 2 rings (SSSR count). The molecule has 0 bridgehead atoms. The molecule has 0 spiro atoms. The van der Waals surface area contributed by atoms with Crippen LogP contribution in [0, 0.1) is 0 Å². The third kappa shape index (κ3) is 5.32. The Hall–Kier alpha value is -2.76. The Kier molecular flexibility index (Phi) is 8.78. The molecule has 0 aliphatic carbocycles. The quantitative estimate of drug-likeness (QED) is 0.829. The zero-order valence-corrected chi connectivity index (χ0v) is 13.2. The van der Waals surface area contributed by atoms with E-state index in [1.54, 1.807) is 0 Å². The minimum absolute atomic E-state index is 0.250. The lowest BCUT2D eigenvalue weighted by Gasteiger charge is -2.21. The summed E-state index contributed by atoms with van der Waals surface area (Å²) in [5, 5.41) is 16.4. The van der Waals surface area contributed by atoms with E-state index in [-0.39, 0.29) is 12.9 Å². The van der Waals surface area contributed by atoms with E-state index >= 15 is 0 Å². The Bertz CT molecular complexity index is 549. The Balaban J connectivity index is 0.000000639. The molecule has 0 radical (unpaired) electrons. The third-order valence-corrected chi connectivity index (χ3v) is 2.82. The summed E-state index contributed by atoms with van der Waals surface area (Å²) in [6.07, 6.45) is 0. The molecular weight excluding hydrogens is 284 g/mol. The van der Waals surface area contributed by atoms with E-state index in [4.69, 9.17) is 19.8 Å². The number of fused-ring (bicyclic) bond motifs is 1. The minimum Gasteiger partial charge on any atom is -0.483 e. The van der Waals surface area contributed by atoms with Crippen molar-refractivity contribution in [3.05, 3.63) is 36.4 Å². The first kappa shape index (κ1) is 19.2. The number of hydrogen-bond donors (Lipinski definition) is 2. The fraction of sp³-hybridized carbons (Fsp3) is 0.250. The molecule has 2 aromatic carbocycles. The van der Waals surface area contributed by atoms with Crippen LogP contribution < -0.4 is 9.80 Å². The first-order valence-corrected chi connectivity index (χ1v) is 6.46. The highest BCUT2D eigenvalue weighted by Crippen LogP contribution is 2.33. The molecule has 0 aromatic heterocycles. The first-order chi connectivity index (χ1) is 10.4. The number of anilines is 2. The van der Waals surface area contributed by atoms with Gasteiger partial charge in [0.15, 0.2) is 0 Å². The lowest BCUT2D eigenvalue weighted by molar-refractivity contribution is -0.123. The van der Waals surface area contributed by atoms with Crippen LogP contribution in [0.2, 0.25) is 0 Å². The van der Waals surface area contributed by atoms with Gasteiger partial charge in [-0.3, -0.25) is 9.59 Å². The normalized spacial score (nSPS) is 8.73. The van der Waals surface area contributed by atoms with Gasteiger partial charge in [0, 0.05) is 45.0 Å². The van der Waals surface area contributed by atoms with Gasteiger partial charge in [0.05, 0.1) is 0 Å². The SMILES string of the molecule is CN(C)c1cccc2cccc(N(C)C)c12.O=CO.O=CO. The molecule has 0 saturated heterocycles. The van der Waals surface area contributed by atoms with Crippen LogP contribution in [0.1, 0.15) is 0 Å². The standard InChI is InChI=1S/C14H18N2.2CH2O2/c1-15(2)12-9-5-7-11-8-6-10-13(14(11)12)16(3)4;2*2-1-3/h5-10H,1-4H3;2*1H,(H,2,3). The zero-order valence-electron chi connectivity index (χ0n) is 13.2. The summed E-state index contributed by atoms with van der Waals surface area (Å²) in [4.78, 5) is 21.0.